The van der Waals surface area contributed by atoms with Crippen LogP contribution in [0.3, 0.4) is 0 Å². The van der Waals surface area contributed by atoms with Gasteiger partial charge < -0.3 is 15.2 Å². The summed E-state index contributed by atoms with van der Waals surface area (Å²) in [4.78, 5) is 17.9. The fourth-order valence-corrected chi connectivity index (χ4v) is 3.14. The number of benzene rings is 1. The number of methoxy groups -OCH3 is 1. The van der Waals surface area contributed by atoms with Crippen LogP contribution in [0.5, 0.6) is 5.75 Å². The molecule has 2 aromatic rings. The van der Waals surface area contributed by atoms with Crippen molar-refractivity contribution in [1.29, 1.82) is 0 Å². The summed E-state index contributed by atoms with van der Waals surface area (Å²) in [5, 5.41) is 0. The van der Waals surface area contributed by atoms with Crippen LogP contribution in [-0.2, 0) is 22.7 Å². The van der Waals surface area contributed by atoms with E-state index in [2.05, 4.69) is 9.88 Å². The van der Waals surface area contributed by atoms with Gasteiger partial charge in [0, 0.05) is 43.7 Å². The second-order valence-corrected chi connectivity index (χ2v) is 6.20. The van der Waals surface area contributed by atoms with Crippen molar-refractivity contribution in [2.24, 2.45) is 5.73 Å². The van der Waals surface area contributed by atoms with Crippen LogP contribution < -0.4 is 10.5 Å². The zero-order valence-electron chi connectivity index (χ0n) is 14.3. The Kier molecular flexibility index (Phi) is 5.63. The molecule has 1 aromatic heterocycles. The van der Waals surface area contributed by atoms with Crippen LogP contribution in [0.4, 0.5) is 0 Å². The largest absolute Gasteiger partial charge is 0.489 e. The highest BCUT2D eigenvalue weighted by molar-refractivity contribution is 5.80. The van der Waals surface area contributed by atoms with Gasteiger partial charge in [-0.3, -0.25) is 14.7 Å². The molecule has 2 heterocycles. The zero-order valence-corrected chi connectivity index (χ0v) is 14.3. The maximum absolute atomic E-state index is 11.7. The van der Waals surface area contributed by atoms with E-state index in [0.717, 1.165) is 16.9 Å². The minimum atomic E-state index is -0.312. The minimum absolute atomic E-state index is 0.0287. The number of carbonyl (C=O) groups is 1. The molecule has 1 fully saturated rings. The Morgan fingerprint density at radius 3 is 2.88 bits per heavy atom. The molecule has 0 bridgehead atoms. The number of pyridine rings is 1. The van der Waals surface area contributed by atoms with Crippen molar-refractivity contribution >= 4 is 5.91 Å². The van der Waals surface area contributed by atoms with Gasteiger partial charge in [-0.25, -0.2) is 0 Å². The summed E-state index contributed by atoms with van der Waals surface area (Å²) >= 11 is 0. The predicted octanol–water partition coefficient (Wildman–Crippen LogP) is 1.74. The minimum Gasteiger partial charge on any atom is -0.489 e. The monoisotopic (exact) mass is 341 g/mol. The molecule has 3 rings (SSSR count). The van der Waals surface area contributed by atoms with Gasteiger partial charge in [0.15, 0.2) is 0 Å². The van der Waals surface area contributed by atoms with Crippen molar-refractivity contribution in [3.8, 4) is 5.75 Å². The Labute approximate surface area is 147 Å². The normalized spacial score (nSPS) is 20.5. The molecule has 25 heavy (non-hydrogen) atoms. The van der Waals surface area contributed by atoms with E-state index in [1.807, 2.05) is 36.4 Å². The maximum Gasteiger partial charge on any atom is 0.234 e. The number of hydrogen-bond donors (Lipinski definition) is 1. The first-order valence-electron chi connectivity index (χ1n) is 8.33. The molecular formula is C19H23N3O3. The first kappa shape index (κ1) is 17.4. The number of nitrogens with two attached hydrogens (primary N) is 1. The van der Waals surface area contributed by atoms with E-state index in [1.54, 1.807) is 19.5 Å². The Morgan fingerprint density at radius 2 is 2.16 bits per heavy atom. The van der Waals surface area contributed by atoms with E-state index < -0.39 is 0 Å². The predicted molar refractivity (Wildman–Crippen MR) is 93.8 cm³/mol. The molecule has 1 aliphatic heterocycles. The Hall–Kier alpha value is -2.44. The molecular weight excluding hydrogens is 318 g/mol. The van der Waals surface area contributed by atoms with Crippen molar-refractivity contribution in [1.82, 2.24) is 9.88 Å². The lowest BCUT2D eigenvalue weighted by molar-refractivity contribution is -0.122. The Balaban J connectivity index is 1.71. The third-order valence-electron chi connectivity index (χ3n) is 4.49. The number of ether oxygens (including phenoxy) is 2. The molecule has 1 aliphatic rings. The van der Waals surface area contributed by atoms with Gasteiger partial charge in [-0.15, -0.1) is 0 Å². The number of aromatic nitrogens is 1. The summed E-state index contributed by atoms with van der Waals surface area (Å²) in [6.45, 7) is 1.72. The number of rotatable bonds is 7. The van der Waals surface area contributed by atoms with Crippen LogP contribution >= 0.6 is 0 Å². The van der Waals surface area contributed by atoms with E-state index in [0.29, 0.717) is 26.1 Å². The highest BCUT2D eigenvalue weighted by Crippen LogP contribution is 2.26. The molecule has 1 aromatic carbocycles. The Morgan fingerprint density at radius 1 is 1.32 bits per heavy atom. The van der Waals surface area contributed by atoms with Crippen LogP contribution in [0.25, 0.3) is 0 Å². The van der Waals surface area contributed by atoms with Crippen molar-refractivity contribution in [3.05, 3.63) is 59.9 Å². The fraction of sp³-hybridized carbons (Fsp3) is 0.368. The molecule has 0 saturated carbocycles. The molecule has 0 unspecified atom stereocenters. The summed E-state index contributed by atoms with van der Waals surface area (Å²) in [5.74, 6) is 0.490. The SMILES string of the molecule is CO[C@H]1C[C@@H](C(N)=O)N(Cc2ccccc2OCc2cccnc2)C1. The van der Waals surface area contributed by atoms with Crippen LogP contribution in [0.1, 0.15) is 17.5 Å². The van der Waals surface area contributed by atoms with Crippen LogP contribution in [0.2, 0.25) is 0 Å². The van der Waals surface area contributed by atoms with Gasteiger partial charge in [-0.2, -0.15) is 0 Å². The number of primary amides is 1. The number of hydrogen-bond acceptors (Lipinski definition) is 5. The fourth-order valence-electron chi connectivity index (χ4n) is 3.14. The van der Waals surface area contributed by atoms with Gasteiger partial charge in [0.2, 0.25) is 5.91 Å². The average molecular weight is 341 g/mol. The summed E-state index contributed by atoms with van der Waals surface area (Å²) < 4.78 is 11.4. The van der Waals surface area contributed by atoms with Gasteiger partial charge in [0.05, 0.1) is 12.1 Å². The van der Waals surface area contributed by atoms with Crippen LogP contribution in [0.15, 0.2) is 48.8 Å². The van der Waals surface area contributed by atoms with Crippen molar-refractivity contribution in [2.45, 2.75) is 31.7 Å². The van der Waals surface area contributed by atoms with Gasteiger partial charge >= 0.3 is 0 Å². The quantitative estimate of drug-likeness (QED) is 0.830. The second-order valence-electron chi connectivity index (χ2n) is 6.20. The molecule has 0 spiro atoms. The highest BCUT2D eigenvalue weighted by atomic mass is 16.5. The molecule has 2 N–H and O–H groups in total. The smallest absolute Gasteiger partial charge is 0.234 e. The van der Waals surface area contributed by atoms with E-state index in [-0.39, 0.29) is 18.1 Å². The number of nitrogens with zero attached hydrogens (tertiary/aromatic N) is 2. The molecule has 132 valence electrons. The van der Waals surface area contributed by atoms with Crippen molar-refractivity contribution in [3.63, 3.8) is 0 Å². The molecule has 2 atom stereocenters. The first-order chi connectivity index (χ1) is 12.2. The lowest BCUT2D eigenvalue weighted by Crippen LogP contribution is -2.39. The van der Waals surface area contributed by atoms with E-state index in [1.165, 1.54) is 0 Å². The van der Waals surface area contributed by atoms with Crippen molar-refractivity contribution in [2.75, 3.05) is 13.7 Å². The van der Waals surface area contributed by atoms with Gasteiger partial charge in [-0.05, 0) is 18.6 Å². The molecule has 6 heteroatoms. The van der Waals surface area contributed by atoms with Gasteiger partial charge in [0.1, 0.15) is 12.4 Å². The van der Waals surface area contributed by atoms with Crippen molar-refractivity contribution < 1.29 is 14.3 Å². The first-order valence-corrected chi connectivity index (χ1v) is 8.33. The van der Waals surface area contributed by atoms with Crippen LogP contribution in [-0.4, -0.2) is 41.6 Å². The number of carbonyl (C=O) groups excluding carboxylic acids is 1. The second kappa shape index (κ2) is 8.09. The van der Waals surface area contributed by atoms with Crippen LogP contribution in [0, 0.1) is 0 Å². The van der Waals surface area contributed by atoms with E-state index >= 15 is 0 Å². The topological polar surface area (TPSA) is 77.7 Å². The summed E-state index contributed by atoms with van der Waals surface area (Å²) in [6, 6.07) is 11.4. The molecule has 1 saturated heterocycles. The zero-order chi connectivity index (χ0) is 17.6. The summed E-state index contributed by atoms with van der Waals surface area (Å²) in [7, 11) is 1.66. The maximum atomic E-state index is 11.7. The number of likely N-dealkylation sites (tertiary alicyclic amines) is 1. The van der Waals surface area contributed by atoms with E-state index in [4.69, 9.17) is 15.2 Å². The molecule has 0 aliphatic carbocycles. The summed E-state index contributed by atoms with van der Waals surface area (Å²) in [6.07, 6.45) is 4.18. The lowest BCUT2D eigenvalue weighted by atomic mass is 10.1. The highest BCUT2D eigenvalue weighted by Gasteiger charge is 2.35. The Bertz CT molecular complexity index is 708. The van der Waals surface area contributed by atoms with E-state index in [9.17, 15) is 4.79 Å². The van der Waals surface area contributed by atoms with Gasteiger partial charge in [0.25, 0.3) is 0 Å². The average Bonchev–Trinajstić information content (AvgIpc) is 3.05. The molecule has 0 radical (unpaired) electrons. The number of amides is 1. The third kappa shape index (κ3) is 4.35. The van der Waals surface area contributed by atoms with Gasteiger partial charge in [-0.1, -0.05) is 24.3 Å². The number of para-hydroxylation sites is 1. The third-order valence-corrected chi connectivity index (χ3v) is 4.49. The lowest BCUT2D eigenvalue weighted by Gasteiger charge is -2.23. The molecule has 1 amide bonds. The summed E-state index contributed by atoms with van der Waals surface area (Å²) in [5.41, 5.74) is 7.59. The molecule has 6 nitrogen and oxygen atoms in total. The standard InChI is InChI=1S/C19H23N3O3/c1-24-16-9-17(19(20)23)22(12-16)11-15-6-2-3-7-18(15)25-13-14-5-4-8-21-10-14/h2-8,10,16-17H,9,11-13H2,1H3,(H2,20,23)/t16-,17-/m0/s1.